The Hall–Kier alpha value is -2.57. The smallest absolute Gasteiger partial charge is 0.326 e. The monoisotopic (exact) mass is 291 g/mol. The van der Waals surface area contributed by atoms with Gasteiger partial charge in [0.2, 0.25) is 0 Å². The topological polar surface area (TPSA) is 95.4 Å². The standard InChI is InChI=1S/C14H17N3O4/c1-16(7-3-4-12(18)19)13(20)9-5-6-10-11(8-9)17(2)14(21)15-10/h5-6,8H,3-4,7H2,1-2H3,(H,15,21)(H,18,19). The molecule has 2 N–H and O–H groups in total. The number of carbonyl (C=O) groups excluding carboxylic acids is 1. The molecule has 1 heterocycles. The number of aryl methyl sites for hydroxylation is 1. The Labute approximate surface area is 120 Å². The van der Waals surface area contributed by atoms with E-state index < -0.39 is 5.97 Å². The Morgan fingerprint density at radius 2 is 2.10 bits per heavy atom. The maximum absolute atomic E-state index is 12.3. The Bertz CT molecular complexity index is 744. The fourth-order valence-corrected chi connectivity index (χ4v) is 2.15. The molecule has 112 valence electrons. The van der Waals surface area contributed by atoms with Crippen LogP contribution < -0.4 is 5.69 Å². The number of carbonyl (C=O) groups is 2. The maximum Gasteiger partial charge on any atom is 0.326 e. The van der Waals surface area contributed by atoms with Crippen molar-refractivity contribution >= 4 is 22.9 Å². The van der Waals surface area contributed by atoms with Crippen molar-refractivity contribution in [2.75, 3.05) is 13.6 Å². The second-order valence-electron chi connectivity index (χ2n) is 4.95. The maximum atomic E-state index is 12.3. The molecule has 2 rings (SSSR count). The van der Waals surface area contributed by atoms with Gasteiger partial charge in [-0.05, 0) is 24.6 Å². The predicted octanol–water partition coefficient (Wildman–Crippen LogP) is 0.803. The molecular weight excluding hydrogens is 274 g/mol. The molecule has 7 nitrogen and oxygen atoms in total. The molecule has 0 spiro atoms. The number of rotatable bonds is 5. The Morgan fingerprint density at radius 3 is 2.76 bits per heavy atom. The predicted molar refractivity (Wildman–Crippen MR) is 77.4 cm³/mol. The van der Waals surface area contributed by atoms with Crippen LogP contribution in [0.3, 0.4) is 0 Å². The molecule has 0 saturated heterocycles. The third-order valence-corrected chi connectivity index (χ3v) is 3.38. The zero-order valence-electron chi connectivity index (χ0n) is 11.9. The van der Waals surface area contributed by atoms with E-state index in [1.54, 1.807) is 32.3 Å². The van der Waals surface area contributed by atoms with Crippen LogP contribution in [0.15, 0.2) is 23.0 Å². The molecule has 1 aromatic heterocycles. The molecule has 0 atom stereocenters. The SMILES string of the molecule is CN(CCCC(=O)O)C(=O)c1ccc2[nH]c(=O)n(C)c2c1. The molecule has 0 aliphatic rings. The number of carboxylic acids is 1. The molecule has 1 aromatic carbocycles. The molecule has 2 aromatic rings. The van der Waals surface area contributed by atoms with E-state index in [-0.39, 0.29) is 18.0 Å². The third-order valence-electron chi connectivity index (χ3n) is 3.38. The molecule has 1 amide bonds. The fourth-order valence-electron chi connectivity index (χ4n) is 2.15. The number of hydrogen-bond acceptors (Lipinski definition) is 3. The van der Waals surface area contributed by atoms with Gasteiger partial charge in [-0.15, -0.1) is 0 Å². The van der Waals surface area contributed by atoms with Crippen LogP contribution in [-0.2, 0) is 11.8 Å². The number of imidazole rings is 1. The Balaban J connectivity index is 2.17. The van der Waals surface area contributed by atoms with Crippen LogP contribution in [0.5, 0.6) is 0 Å². The van der Waals surface area contributed by atoms with E-state index in [1.165, 1.54) is 9.47 Å². The highest BCUT2D eigenvalue weighted by Gasteiger charge is 2.14. The Kier molecular flexibility index (Phi) is 4.11. The van der Waals surface area contributed by atoms with Crippen LogP contribution >= 0.6 is 0 Å². The van der Waals surface area contributed by atoms with Crippen LogP contribution in [0, 0.1) is 0 Å². The molecule has 0 aliphatic heterocycles. The van der Waals surface area contributed by atoms with Gasteiger partial charge in [0, 0.05) is 32.6 Å². The van der Waals surface area contributed by atoms with Gasteiger partial charge in [0.1, 0.15) is 0 Å². The number of nitrogens with one attached hydrogen (secondary N) is 1. The average Bonchev–Trinajstić information content (AvgIpc) is 2.72. The number of nitrogens with zero attached hydrogens (tertiary/aromatic N) is 2. The summed E-state index contributed by atoms with van der Waals surface area (Å²) in [5.74, 6) is -1.07. The number of hydrogen-bond donors (Lipinski definition) is 2. The normalized spacial score (nSPS) is 10.8. The highest BCUT2D eigenvalue weighted by molar-refractivity contribution is 5.97. The van der Waals surface area contributed by atoms with Gasteiger partial charge in [0.05, 0.1) is 11.0 Å². The van der Waals surface area contributed by atoms with Crippen LogP contribution in [0.4, 0.5) is 0 Å². The van der Waals surface area contributed by atoms with Gasteiger partial charge in [-0.2, -0.15) is 0 Å². The number of aliphatic carboxylic acids is 1. The number of benzene rings is 1. The molecular formula is C14H17N3O4. The highest BCUT2D eigenvalue weighted by Crippen LogP contribution is 2.13. The number of carboxylic acid groups (broad SMARTS) is 1. The summed E-state index contributed by atoms with van der Waals surface area (Å²) in [6, 6.07) is 4.99. The molecule has 0 aliphatic carbocycles. The number of H-pyrrole nitrogens is 1. The van der Waals surface area contributed by atoms with E-state index >= 15 is 0 Å². The number of amides is 1. The summed E-state index contributed by atoms with van der Waals surface area (Å²) in [6.07, 6.45) is 0.436. The molecule has 0 fully saturated rings. The van der Waals surface area contributed by atoms with Crippen molar-refractivity contribution in [3.05, 3.63) is 34.2 Å². The number of aromatic nitrogens is 2. The van der Waals surface area contributed by atoms with Crippen molar-refractivity contribution < 1.29 is 14.7 Å². The fraction of sp³-hybridized carbons (Fsp3) is 0.357. The zero-order chi connectivity index (χ0) is 15.6. The second kappa shape index (κ2) is 5.82. The van der Waals surface area contributed by atoms with E-state index in [0.717, 1.165) is 0 Å². The van der Waals surface area contributed by atoms with Crippen molar-refractivity contribution in [1.82, 2.24) is 14.5 Å². The van der Waals surface area contributed by atoms with Crippen molar-refractivity contribution in [2.24, 2.45) is 7.05 Å². The molecule has 0 bridgehead atoms. The van der Waals surface area contributed by atoms with Gasteiger partial charge < -0.3 is 15.0 Å². The van der Waals surface area contributed by atoms with Gasteiger partial charge in [0.15, 0.2) is 0 Å². The summed E-state index contributed by atoms with van der Waals surface area (Å²) in [5.41, 5.74) is 1.57. The first-order valence-electron chi connectivity index (χ1n) is 6.56. The van der Waals surface area contributed by atoms with Crippen molar-refractivity contribution in [3.63, 3.8) is 0 Å². The lowest BCUT2D eigenvalue weighted by atomic mass is 10.1. The summed E-state index contributed by atoms with van der Waals surface area (Å²) < 4.78 is 1.44. The van der Waals surface area contributed by atoms with Crippen LogP contribution in [0.2, 0.25) is 0 Å². The lowest BCUT2D eigenvalue weighted by Crippen LogP contribution is -2.28. The molecule has 21 heavy (non-hydrogen) atoms. The summed E-state index contributed by atoms with van der Waals surface area (Å²) in [5, 5.41) is 8.59. The minimum atomic E-state index is -0.875. The molecule has 7 heteroatoms. The van der Waals surface area contributed by atoms with Gasteiger partial charge in [-0.25, -0.2) is 4.79 Å². The van der Waals surface area contributed by atoms with Crippen molar-refractivity contribution in [2.45, 2.75) is 12.8 Å². The van der Waals surface area contributed by atoms with Gasteiger partial charge in [0.25, 0.3) is 5.91 Å². The first kappa shape index (κ1) is 14.8. The number of fused-ring (bicyclic) bond motifs is 1. The summed E-state index contributed by atoms with van der Waals surface area (Å²) in [4.78, 5) is 38.4. The van der Waals surface area contributed by atoms with E-state index in [4.69, 9.17) is 5.11 Å². The van der Waals surface area contributed by atoms with Gasteiger partial charge in [-0.1, -0.05) is 0 Å². The lowest BCUT2D eigenvalue weighted by molar-refractivity contribution is -0.137. The minimum absolute atomic E-state index is 0.0307. The third kappa shape index (κ3) is 3.13. The van der Waals surface area contributed by atoms with Crippen molar-refractivity contribution in [1.29, 1.82) is 0 Å². The zero-order valence-corrected chi connectivity index (χ0v) is 11.9. The average molecular weight is 291 g/mol. The molecule has 0 unspecified atom stereocenters. The van der Waals surface area contributed by atoms with E-state index in [0.29, 0.717) is 29.6 Å². The second-order valence-corrected chi connectivity index (χ2v) is 4.95. The summed E-state index contributed by atoms with van der Waals surface area (Å²) in [7, 11) is 3.26. The molecule has 0 saturated carbocycles. The van der Waals surface area contributed by atoms with E-state index in [1.807, 2.05) is 0 Å². The first-order valence-corrected chi connectivity index (χ1v) is 6.56. The van der Waals surface area contributed by atoms with E-state index in [2.05, 4.69) is 4.98 Å². The van der Waals surface area contributed by atoms with Crippen LogP contribution in [-0.4, -0.2) is 45.0 Å². The first-order chi connectivity index (χ1) is 9.90. The van der Waals surface area contributed by atoms with Gasteiger partial charge >= 0.3 is 11.7 Å². The van der Waals surface area contributed by atoms with Crippen molar-refractivity contribution in [3.8, 4) is 0 Å². The summed E-state index contributed by atoms with van der Waals surface area (Å²) in [6.45, 7) is 0.370. The highest BCUT2D eigenvalue weighted by atomic mass is 16.4. The summed E-state index contributed by atoms with van der Waals surface area (Å²) >= 11 is 0. The Morgan fingerprint density at radius 1 is 1.38 bits per heavy atom. The molecule has 0 radical (unpaired) electrons. The quantitative estimate of drug-likeness (QED) is 0.852. The van der Waals surface area contributed by atoms with Crippen LogP contribution in [0.25, 0.3) is 11.0 Å². The largest absolute Gasteiger partial charge is 0.481 e. The van der Waals surface area contributed by atoms with Crippen LogP contribution in [0.1, 0.15) is 23.2 Å². The minimum Gasteiger partial charge on any atom is -0.481 e. The number of aromatic amines is 1. The lowest BCUT2D eigenvalue weighted by Gasteiger charge is -2.16. The van der Waals surface area contributed by atoms with Gasteiger partial charge in [-0.3, -0.25) is 14.2 Å². The van der Waals surface area contributed by atoms with E-state index in [9.17, 15) is 14.4 Å².